The Morgan fingerprint density at radius 3 is 2.86 bits per heavy atom. The summed E-state index contributed by atoms with van der Waals surface area (Å²) in [5.74, 6) is 1.04. The molecule has 0 atom stereocenters. The molecule has 0 unspecified atom stereocenters. The van der Waals surface area contributed by atoms with Gasteiger partial charge in [-0.3, -0.25) is 0 Å². The first-order valence-electron chi connectivity index (χ1n) is 6.99. The average molecular weight is 309 g/mol. The molecule has 3 rings (SSSR count). The molecule has 1 aromatic heterocycles. The highest BCUT2D eigenvalue weighted by Crippen LogP contribution is 2.29. The number of aromatic nitrogens is 2. The Balaban J connectivity index is 1.86. The van der Waals surface area contributed by atoms with Crippen molar-refractivity contribution in [1.82, 2.24) is 9.55 Å². The van der Waals surface area contributed by atoms with Gasteiger partial charge in [0.1, 0.15) is 5.52 Å². The van der Waals surface area contributed by atoms with Crippen molar-refractivity contribution >= 4 is 26.8 Å². The quantitative estimate of drug-likeness (QED) is 0.816. The van der Waals surface area contributed by atoms with Crippen molar-refractivity contribution in [2.75, 3.05) is 25.2 Å². The molecular weight excluding hydrogens is 290 g/mol. The lowest BCUT2D eigenvalue weighted by atomic mass is 10.3. The van der Waals surface area contributed by atoms with Gasteiger partial charge < -0.3 is 15.0 Å². The number of nitrogens with two attached hydrogens (primary N) is 1. The number of sulfone groups is 1. The molecule has 7 heteroatoms. The van der Waals surface area contributed by atoms with E-state index in [2.05, 4.69) is 4.98 Å². The Morgan fingerprint density at radius 2 is 2.19 bits per heavy atom. The van der Waals surface area contributed by atoms with Gasteiger partial charge in [0.2, 0.25) is 5.95 Å². The molecule has 2 aromatic rings. The second-order valence-corrected chi connectivity index (χ2v) is 7.52. The molecule has 1 aliphatic rings. The molecule has 1 heterocycles. The van der Waals surface area contributed by atoms with Crippen molar-refractivity contribution in [3.8, 4) is 0 Å². The Hall–Kier alpha value is -1.60. The molecule has 0 saturated heterocycles. The second-order valence-electron chi connectivity index (χ2n) is 5.54. The van der Waals surface area contributed by atoms with Gasteiger partial charge in [0.05, 0.1) is 17.0 Å². The zero-order valence-corrected chi connectivity index (χ0v) is 12.8. The highest BCUT2D eigenvalue weighted by molar-refractivity contribution is 7.91. The number of anilines is 1. The van der Waals surface area contributed by atoms with E-state index in [0.29, 0.717) is 24.6 Å². The van der Waals surface area contributed by atoms with Crippen molar-refractivity contribution in [2.24, 2.45) is 5.92 Å². The fourth-order valence-electron chi connectivity index (χ4n) is 2.36. The van der Waals surface area contributed by atoms with E-state index in [9.17, 15) is 8.42 Å². The SMILES string of the molecule is CS(=O)(=O)c1cccc2c1nc(N)n2CCOCC1CC1. The maximum Gasteiger partial charge on any atom is 0.201 e. The minimum atomic E-state index is -3.32. The van der Waals surface area contributed by atoms with E-state index >= 15 is 0 Å². The van der Waals surface area contributed by atoms with Gasteiger partial charge in [-0.05, 0) is 30.9 Å². The van der Waals surface area contributed by atoms with E-state index < -0.39 is 9.84 Å². The van der Waals surface area contributed by atoms with Gasteiger partial charge in [-0.2, -0.15) is 0 Å². The number of para-hydroxylation sites is 1. The van der Waals surface area contributed by atoms with Crippen LogP contribution in [0.25, 0.3) is 11.0 Å². The number of rotatable bonds is 6. The Morgan fingerprint density at radius 1 is 1.43 bits per heavy atom. The number of hydrogen-bond donors (Lipinski definition) is 1. The smallest absolute Gasteiger partial charge is 0.201 e. The van der Waals surface area contributed by atoms with E-state index in [-0.39, 0.29) is 4.90 Å². The van der Waals surface area contributed by atoms with E-state index in [4.69, 9.17) is 10.5 Å². The summed E-state index contributed by atoms with van der Waals surface area (Å²) in [5.41, 5.74) is 7.08. The third-order valence-corrected chi connectivity index (χ3v) is 4.81. The lowest BCUT2D eigenvalue weighted by molar-refractivity contribution is 0.118. The van der Waals surface area contributed by atoms with Gasteiger partial charge in [-0.25, -0.2) is 13.4 Å². The van der Waals surface area contributed by atoms with Gasteiger partial charge in [0.15, 0.2) is 9.84 Å². The number of ether oxygens (including phenoxy) is 1. The monoisotopic (exact) mass is 309 g/mol. The van der Waals surface area contributed by atoms with E-state index in [1.165, 1.54) is 19.1 Å². The van der Waals surface area contributed by atoms with Crippen LogP contribution < -0.4 is 5.73 Å². The van der Waals surface area contributed by atoms with Crippen LogP contribution in [0.5, 0.6) is 0 Å². The molecule has 21 heavy (non-hydrogen) atoms. The molecule has 0 amide bonds. The van der Waals surface area contributed by atoms with Crippen LogP contribution in [0, 0.1) is 5.92 Å². The summed E-state index contributed by atoms with van der Waals surface area (Å²) in [7, 11) is -3.32. The summed E-state index contributed by atoms with van der Waals surface area (Å²) in [4.78, 5) is 4.42. The highest BCUT2D eigenvalue weighted by atomic mass is 32.2. The van der Waals surface area contributed by atoms with Gasteiger partial charge >= 0.3 is 0 Å². The van der Waals surface area contributed by atoms with Gasteiger partial charge in [-0.15, -0.1) is 0 Å². The molecule has 1 aromatic carbocycles. The van der Waals surface area contributed by atoms with Crippen molar-refractivity contribution in [3.05, 3.63) is 18.2 Å². The highest BCUT2D eigenvalue weighted by Gasteiger charge is 2.21. The van der Waals surface area contributed by atoms with Crippen molar-refractivity contribution in [2.45, 2.75) is 24.3 Å². The molecular formula is C14H19N3O3S. The number of nitrogen functional groups attached to an aromatic ring is 1. The largest absolute Gasteiger partial charge is 0.379 e. The predicted molar refractivity (Wildman–Crippen MR) is 80.8 cm³/mol. The number of imidazole rings is 1. The summed E-state index contributed by atoms with van der Waals surface area (Å²) in [6.07, 6.45) is 3.69. The average Bonchev–Trinajstić information content (AvgIpc) is 3.17. The number of nitrogens with zero attached hydrogens (tertiary/aromatic N) is 2. The van der Waals surface area contributed by atoms with Gasteiger partial charge in [-0.1, -0.05) is 6.07 Å². The van der Waals surface area contributed by atoms with Crippen LogP contribution in [0.1, 0.15) is 12.8 Å². The fraction of sp³-hybridized carbons (Fsp3) is 0.500. The third kappa shape index (κ3) is 3.03. The Kier molecular flexibility index (Phi) is 3.62. The number of fused-ring (bicyclic) bond motifs is 1. The zero-order valence-electron chi connectivity index (χ0n) is 11.9. The van der Waals surface area contributed by atoms with E-state index in [1.807, 2.05) is 6.07 Å². The molecule has 1 fully saturated rings. The van der Waals surface area contributed by atoms with Crippen LogP contribution in [-0.4, -0.2) is 37.4 Å². The molecule has 0 radical (unpaired) electrons. The molecule has 1 saturated carbocycles. The zero-order chi connectivity index (χ0) is 15.0. The first kappa shape index (κ1) is 14.3. The first-order chi connectivity index (χ1) is 9.97. The molecule has 0 bridgehead atoms. The summed E-state index contributed by atoms with van der Waals surface area (Å²) < 4.78 is 31.0. The molecule has 114 valence electrons. The second kappa shape index (κ2) is 5.31. The Labute approximate surface area is 123 Å². The molecule has 6 nitrogen and oxygen atoms in total. The van der Waals surface area contributed by atoms with Crippen LogP contribution in [0.4, 0.5) is 5.95 Å². The van der Waals surface area contributed by atoms with Crippen LogP contribution in [-0.2, 0) is 21.1 Å². The van der Waals surface area contributed by atoms with Crippen LogP contribution in [0.15, 0.2) is 23.1 Å². The topological polar surface area (TPSA) is 87.2 Å². The molecule has 0 spiro atoms. The van der Waals surface area contributed by atoms with Crippen molar-refractivity contribution < 1.29 is 13.2 Å². The molecule has 2 N–H and O–H groups in total. The number of benzene rings is 1. The van der Waals surface area contributed by atoms with Crippen molar-refractivity contribution in [3.63, 3.8) is 0 Å². The minimum absolute atomic E-state index is 0.212. The molecule has 1 aliphatic carbocycles. The maximum absolute atomic E-state index is 11.8. The minimum Gasteiger partial charge on any atom is -0.379 e. The fourth-order valence-corrected chi connectivity index (χ4v) is 3.19. The standard InChI is InChI=1S/C14H19N3O3S/c1-21(18,19)12-4-2-3-11-13(12)16-14(15)17(11)7-8-20-9-10-5-6-10/h2-4,10H,5-9H2,1H3,(H2,15,16). The van der Waals surface area contributed by atoms with E-state index in [1.54, 1.807) is 16.7 Å². The van der Waals surface area contributed by atoms with Crippen molar-refractivity contribution in [1.29, 1.82) is 0 Å². The third-order valence-electron chi connectivity index (χ3n) is 3.68. The summed E-state index contributed by atoms with van der Waals surface area (Å²) >= 11 is 0. The lowest BCUT2D eigenvalue weighted by Gasteiger charge is -2.07. The summed E-state index contributed by atoms with van der Waals surface area (Å²) in [6, 6.07) is 5.09. The summed E-state index contributed by atoms with van der Waals surface area (Å²) in [5, 5.41) is 0. The van der Waals surface area contributed by atoms with Crippen LogP contribution in [0.3, 0.4) is 0 Å². The van der Waals surface area contributed by atoms with Crippen LogP contribution >= 0.6 is 0 Å². The first-order valence-corrected chi connectivity index (χ1v) is 8.88. The Bertz CT molecular complexity index is 763. The number of hydrogen-bond acceptors (Lipinski definition) is 5. The van der Waals surface area contributed by atoms with Crippen LogP contribution in [0.2, 0.25) is 0 Å². The van der Waals surface area contributed by atoms with Gasteiger partial charge in [0.25, 0.3) is 0 Å². The molecule has 0 aliphatic heterocycles. The summed E-state index contributed by atoms with van der Waals surface area (Å²) in [6.45, 7) is 1.92. The maximum atomic E-state index is 11.8. The van der Waals surface area contributed by atoms with Gasteiger partial charge in [0, 0.05) is 19.4 Å². The normalized spacial score (nSPS) is 15.7. The van der Waals surface area contributed by atoms with E-state index in [0.717, 1.165) is 18.0 Å². The lowest BCUT2D eigenvalue weighted by Crippen LogP contribution is -2.10. The predicted octanol–water partition coefficient (Wildman–Crippen LogP) is 1.45.